The fourth-order valence-corrected chi connectivity index (χ4v) is 6.25. The minimum Gasteiger partial charge on any atom is -0.461 e. The molecule has 1 saturated heterocycles. The summed E-state index contributed by atoms with van der Waals surface area (Å²) in [5.41, 5.74) is -2.19. The first-order valence-corrected chi connectivity index (χ1v) is 13.6. The zero-order valence-corrected chi connectivity index (χ0v) is 21.6. The molecule has 0 aliphatic carbocycles. The normalized spacial score (nSPS) is 14.8. The Kier molecular flexibility index (Phi) is 12.6. The highest BCUT2D eigenvalue weighted by Gasteiger charge is 2.37. The van der Waals surface area contributed by atoms with Gasteiger partial charge in [-0.05, 0) is 31.4 Å². The molecule has 0 radical (unpaired) electrons. The summed E-state index contributed by atoms with van der Waals surface area (Å²) < 4.78 is 10.4. The van der Waals surface area contributed by atoms with Crippen LogP contribution in [-0.4, -0.2) is 64.6 Å². The Bertz CT molecular complexity index is 945. The van der Waals surface area contributed by atoms with E-state index < -0.39 is 59.0 Å². The molecule has 16 nitrogen and oxygen atoms in total. The van der Waals surface area contributed by atoms with E-state index >= 15 is 0 Å². The third-order valence-electron chi connectivity index (χ3n) is 5.15. The first kappa shape index (κ1) is 30.7. The number of nitrogens with zero attached hydrogens (tertiary/aromatic N) is 3. The molecule has 0 aromatic heterocycles. The number of carbonyl (C=O) groups excluding carboxylic acids is 2. The Morgan fingerprint density at radius 1 is 0.921 bits per heavy atom. The lowest BCUT2D eigenvalue weighted by molar-refractivity contribution is -0.782. The molecule has 38 heavy (non-hydrogen) atoms. The topological polar surface area (TPSA) is 210 Å². The van der Waals surface area contributed by atoms with Crippen LogP contribution in [0.3, 0.4) is 0 Å². The number of hydrogen-bond donors (Lipinski definition) is 0. The highest BCUT2D eigenvalue weighted by molar-refractivity contribution is 8.77. The fourth-order valence-electron chi connectivity index (χ4n) is 3.22. The summed E-state index contributed by atoms with van der Waals surface area (Å²) in [6.07, 6.45) is 3.73. The molecule has 18 heteroatoms. The predicted octanol–water partition coefficient (Wildman–Crippen LogP) is 3.07. The number of rotatable bonds is 18. The second-order valence-corrected chi connectivity index (χ2v) is 10.9. The Balaban J connectivity index is 2.03. The van der Waals surface area contributed by atoms with Crippen molar-refractivity contribution in [3.05, 3.63) is 60.2 Å². The maximum Gasteiger partial charge on any atom is 0.341 e. The van der Waals surface area contributed by atoms with Gasteiger partial charge in [0.2, 0.25) is 0 Å². The molecular weight excluding hydrogens is 554 g/mol. The number of ether oxygens (including phenoxy) is 2. The lowest BCUT2D eigenvalue weighted by atomic mass is 9.92. The van der Waals surface area contributed by atoms with E-state index in [9.17, 15) is 39.9 Å². The molecule has 1 aromatic carbocycles. The van der Waals surface area contributed by atoms with Crippen LogP contribution >= 0.6 is 21.6 Å². The van der Waals surface area contributed by atoms with Crippen molar-refractivity contribution in [2.45, 2.75) is 37.4 Å². The average molecular weight is 580 g/mol. The fraction of sp³-hybridized carbons (Fsp3) is 0.600. The quantitative estimate of drug-likeness (QED) is 0.0610. The molecule has 1 fully saturated rings. The monoisotopic (exact) mass is 579 g/mol. The van der Waals surface area contributed by atoms with Gasteiger partial charge in [-0.25, -0.2) is 4.79 Å². The van der Waals surface area contributed by atoms with Gasteiger partial charge in [0.15, 0.2) is 0 Å². The zero-order valence-electron chi connectivity index (χ0n) is 19.9. The predicted molar refractivity (Wildman–Crippen MR) is 131 cm³/mol. The Hall–Kier alpha value is -3.54. The average Bonchev–Trinajstić information content (AvgIpc) is 3.39. The minimum atomic E-state index is -2.01. The van der Waals surface area contributed by atoms with Crippen molar-refractivity contribution in [1.82, 2.24) is 0 Å². The third kappa shape index (κ3) is 11.2. The molecule has 1 aromatic rings. The van der Waals surface area contributed by atoms with Crippen molar-refractivity contribution in [3.63, 3.8) is 0 Å². The van der Waals surface area contributed by atoms with Crippen molar-refractivity contribution in [2.24, 2.45) is 5.41 Å². The Morgan fingerprint density at radius 2 is 1.53 bits per heavy atom. The van der Waals surface area contributed by atoms with Gasteiger partial charge < -0.3 is 24.0 Å². The number of benzene rings is 1. The second kappa shape index (κ2) is 15.7. The van der Waals surface area contributed by atoms with Gasteiger partial charge in [-0.1, -0.05) is 40.1 Å². The SMILES string of the molecule is O=C(CCCC[C@H]1CCSS1)Oc1ccccc1C(=O)OCC(CO[N+](=O)[O-])(CO[N+](=O)[O-])CO[N+](=O)[O-]. The number of carbonyl (C=O) groups is 2. The van der Waals surface area contributed by atoms with Crippen LogP contribution in [0, 0.1) is 35.8 Å². The summed E-state index contributed by atoms with van der Waals surface area (Å²) in [7, 11) is 3.69. The van der Waals surface area contributed by atoms with Crippen LogP contribution < -0.4 is 4.74 Å². The molecule has 0 N–H and O–H groups in total. The third-order valence-corrected chi connectivity index (χ3v) is 8.16. The molecule has 0 amide bonds. The molecule has 1 aliphatic rings. The molecule has 1 heterocycles. The lowest BCUT2D eigenvalue weighted by Gasteiger charge is -2.29. The van der Waals surface area contributed by atoms with Gasteiger partial charge in [0.05, 0.1) is 5.41 Å². The summed E-state index contributed by atoms with van der Waals surface area (Å²) in [4.78, 5) is 69.8. The van der Waals surface area contributed by atoms with Crippen LogP contribution in [0.25, 0.3) is 0 Å². The summed E-state index contributed by atoms with van der Waals surface area (Å²) in [5.74, 6) is -0.622. The van der Waals surface area contributed by atoms with Crippen LogP contribution in [-0.2, 0) is 24.0 Å². The summed E-state index contributed by atoms with van der Waals surface area (Å²) >= 11 is 0. The van der Waals surface area contributed by atoms with Gasteiger partial charge in [0.25, 0.3) is 15.3 Å². The standard InChI is InChI=1S/C20H25N3O13S2/c24-18(8-4-1-5-15-9-10-37-38-15)36-17-7-3-2-6-16(17)19(25)32-11-20(12-33-21(26)27,13-34-22(28)29)14-35-23(30)31/h2-3,6-7,15H,1,4-5,8-14H2/t15-/m0/s1. The molecular formula is C20H25N3O13S2. The number of unbranched alkanes of at least 4 members (excludes halogenated alkanes) is 1. The van der Waals surface area contributed by atoms with E-state index in [1.165, 1.54) is 24.3 Å². The number of hydrogen-bond acceptors (Lipinski definition) is 15. The van der Waals surface area contributed by atoms with E-state index in [0.29, 0.717) is 11.7 Å². The van der Waals surface area contributed by atoms with Crippen LogP contribution in [0.2, 0.25) is 0 Å². The molecule has 1 aliphatic heterocycles. The van der Waals surface area contributed by atoms with Gasteiger partial charge >= 0.3 is 11.9 Å². The van der Waals surface area contributed by atoms with E-state index in [4.69, 9.17) is 9.47 Å². The Morgan fingerprint density at radius 3 is 2.08 bits per heavy atom. The summed E-state index contributed by atoms with van der Waals surface area (Å²) in [6.45, 7) is -3.86. The molecule has 1 atom stereocenters. The number of para-hydroxylation sites is 1. The molecule has 0 unspecified atom stereocenters. The highest BCUT2D eigenvalue weighted by Crippen LogP contribution is 2.39. The van der Waals surface area contributed by atoms with Gasteiger partial charge in [-0.15, -0.1) is 30.3 Å². The largest absolute Gasteiger partial charge is 0.461 e. The van der Waals surface area contributed by atoms with Crippen LogP contribution in [0.15, 0.2) is 24.3 Å². The van der Waals surface area contributed by atoms with Gasteiger partial charge in [0, 0.05) is 17.4 Å². The summed E-state index contributed by atoms with van der Waals surface area (Å²) in [6, 6.07) is 5.62. The maximum absolute atomic E-state index is 12.8. The summed E-state index contributed by atoms with van der Waals surface area (Å²) in [5, 5.41) is 28.9. The van der Waals surface area contributed by atoms with Crippen molar-refractivity contribution in [3.8, 4) is 5.75 Å². The zero-order chi connectivity index (χ0) is 28.0. The minimum absolute atomic E-state index is 0.111. The first-order valence-electron chi connectivity index (χ1n) is 11.2. The molecule has 2 rings (SSSR count). The number of esters is 2. The van der Waals surface area contributed by atoms with Crippen LogP contribution in [0.5, 0.6) is 5.75 Å². The van der Waals surface area contributed by atoms with Crippen LogP contribution in [0.1, 0.15) is 42.5 Å². The van der Waals surface area contributed by atoms with Gasteiger partial charge in [0.1, 0.15) is 37.7 Å². The molecule has 210 valence electrons. The highest BCUT2D eigenvalue weighted by atomic mass is 33.1. The molecule has 0 saturated carbocycles. The van der Waals surface area contributed by atoms with Crippen molar-refractivity contribution < 1.29 is 48.8 Å². The smallest absolute Gasteiger partial charge is 0.341 e. The van der Waals surface area contributed by atoms with E-state index in [1.54, 1.807) is 0 Å². The van der Waals surface area contributed by atoms with E-state index in [-0.39, 0.29) is 17.7 Å². The second-order valence-electron chi connectivity index (χ2n) is 8.11. The lowest BCUT2D eigenvalue weighted by Crippen LogP contribution is -2.44. The van der Waals surface area contributed by atoms with Gasteiger partial charge in [-0.3, -0.25) is 4.79 Å². The van der Waals surface area contributed by atoms with E-state index in [2.05, 4.69) is 14.5 Å². The van der Waals surface area contributed by atoms with E-state index in [1.807, 2.05) is 21.6 Å². The molecule has 0 bridgehead atoms. The Labute approximate surface area is 223 Å². The maximum atomic E-state index is 12.8. The molecule has 0 spiro atoms. The van der Waals surface area contributed by atoms with Crippen LogP contribution in [0.4, 0.5) is 0 Å². The van der Waals surface area contributed by atoms with E-state index in [0.717, 1.165) is 25.0 Å². The van der Waals surface area contributed by atoms with Crippen molar-refractivity contribution in [2.75, 3.05) is 32.2 Å². The van der Waals surface area contributed by atoms with Gasteiger partial charge in [-0.2, -0.15) is 0 Å². The first-order chi connectivity index (χ1) is 18.1. The van der Waals surface area contributed by atoms with Crippen molar-refractivity contribution >= 4 is 33.5 Å². The van der Waals surface area contributed by atoms with Crippen molar-refractivity contribution in [1.29, 1.82) is 0 Å².